The summed E-state index contributed by atoms with van der Waals surface area (Å²) in [6.45, 7) is 2.11. The van der Waals surface area contributed by atoms with E-state index in [4.69, 9.17) is 16.6 Å². The minimum atomic E-state index is -0.685. The largest absolute Gasteiger partial charge is 0.394 e. The summed E-state index contributed by atoms with van der Waals surface area (Å²) in [6.07, 6.45) is 5.02. The zero-order valence-electron chi connectivity index (χ0n) is 6.75. The molecule has 0 amide bonds. The van der Waals surface area contributed by atoms with Gasteiger partial charge in [0.05, 0.1) is 12.7 Å². The third-order valence-electron chi connectivity index (χ3n) is 1.34. The van der Waals surface area contributed by atoms with E-state index in [0.29, 0.717) is 13.0 Å². The number of hydrogen-bond acceptors (Lipinski definition) is 3. The highest BCUT2D eigenvalue weighted by molar-refractivity contribution is 4.88. The van der Waals surface area contributed by atoms with Crippen LogP contribution in [0.15, 0.2) is 0 Å². The van der Waals surface area contributed by atoms with E-state index in [1.54, 1.807) is 0 Å². The van der Waals surface area contributed by atoms with E-state index >= 15 is 0 Å². The molecule has 3 nitrogen and oxygen atoms in total. The van der Waals surface area contributed by atoms with Gasteiger partial charge in [0, 0.05) is 19.0 Å². The van der Waals surface area contributed by atoms with Gasteiger partial charge in [-0.05, 0) is 6.92 Å². The lowest BCUT2D eigenvalue weighted by atomic mass is 10.2. The van der Waals surface area contributed by atoms with Gasteiger partial charge in [-0.1, -0.05) is 0 Å². The molecule has 0 aliphatic carbocycles. The quantitative estimate of drug-likeness (QED) is 0.464. The van der Waals surface area contributed by atoms with E-state index in [1.807, 2.05) is 6.92 Å². The monoisotopic (exact) mass is 157 g/mol. The molecule has 64 valence electrons. The van der Waals surface area contributed by atoms with Crippen molar-refractivity contribution in [2.24, 2.45) is 0 Å². The molecule has 0 spiro atoms. The Morgan fingerprint density at radius 3 is 2.73 bits per heavy atom. The summed E-state index contributed by atoms with van der Waals surface area (Å²) in [5.74, 6) is 2.50. The van der Waals surface area contributed by atoms with Crippen LogP contribution in [0.5, 0.6) is 0 Å². The van der Waals surface area contributed by atoms with Crippen LogP contribution in [-0.4, -0.2) is 35.5 Å². The number of aliphatic hydroxyl groups excluding tert-OH is 2. The lowest BCUT2D eigenvalue weighted by molar-refractivity contribution is 0.0925. The third-order valence-corrected chi connectivity index (χ3v) is 1.34. The first-order valence-corrected chi connectivity index (χ1v) is 3.66. The van der Waals surface area contributed by atoms with Crippen molar-refractivity contribution in [1.29, 1.82) is 0 Å². The molecule has 1 unspecified atom stereocenters. The van der Waals surface area contributed by atoms with Crippen molar-refractivity contribution in [2.45, 2.75) is 25.5 Å². The molecule has 0 aromatic carbocycles. The lowest BCUT2D eigenvalue weighted by Crippen LogP contribution is -2.35. The molecule has 0 bridgehead atoms. The van der Waals surface area contributed by atoms with Crippen LogP contribution < -0.4 is 5.32 Å². The minimum absolute atomic E-state index is 0.196. The number of aliphatic hydroxyl groups is 2. The molecule has 0 fully saturated rings. The number of hydrogen-bond donors (Lipinski definition) is 3. The van der Waals surface area contributed by atoms with Crippen LogP contribution in [-0.2, 0) is 0 Å². The Morgan fingerprint density at radius 1 is 1.64 bits per heavy atom. The van der Waals surface area contributed by atoms with Gasteiger partial charge in [-0.3, -0.25) is 0 Å². The van der Waals surface area contributed by atoms with Gasteiger partial charge in [0.25, 0.3) is 0 Å². The lowest BCUT2D eigenvalue weighted by Gasteiger charge is -2.13. The Kier molecular flexibility index (Phi) is 5.86. The SMILES string of the molecule is C#CCC(C)NC[C@H](O)CO. The summed E-state index contributed by atoms with van der Waals surface area (Å²) in [5, 5.41) is 20.3. The van der Waals surface area contributed by atoms with Gasteiger partial charge in [0.1, 0.15) is 0 Å². The van der Waals surface area contributed by atoms with Crippen molar-refractivity contribution in [3.05, 3.63) is 0 Å². The first kappa shape index (κ1) is 10.4. The number of nitrogens with one attached hydrogen (secondary N) is 1. The van der Waals surface area contributed by atoms with Crippen LogP contribution in [0.4, 0.5) is 0 Å². The third kappa shape index (κ3) is 5.86. The molecule has 2 atom stereocenters. The van der Waals surface area contributed by atoms with Gasteiger partial charge < -0.3 is 15.5 Å². The predicted octanol–water partition coefficient (Wildman–Crippen LogP) is -0.659. The highest BCUT2D eigenvalue weighted by Gasteiger charge is 2.03. The highest BCUT2D eigenvalue weighted by atomic mass is 16.3. The fraction of sp³-hybridized carbons (Fsp3) is 0.750. The number of rotatable bonds is 5. The summed E-state index contributed by atoms with van der Waals surface area (Å²) in [4.78, 5) is 0. The number of terminal acetylenes is 1. The zero-order valence-corrected chi connectivity index (χ0v) is 6.75. The van der Waals surface area contributed by atoms with Crippen molar-refractivity contribution in [2.75, 3.05) is 13.2 Å². The normalized spacial score (nSPS) is 15.5. The second kappa shape index (κ2) is 6.17. The molecule has 0 aliphatic rings. The topological polar surface area (TPSA) is 52.5 Å². The smallest absolute Gasteiger partial charge is 0.0895 e. The molecule has 0 aromatic heterocycles. The van der Waals surface area contributed by atoms with E-state index < -0.39 is 6.10 Å². The Hall–Kier alpha value is -0.560. The van der Waals surface area contributed by atoms with Crippen LogP contribution in [0.1, 0.15) is 13.3 Å². The fourth-order valence-electron chi connectivity index (χ4n) is 0.651. The summed E-state index contributed by atoms with van der Waals surface area (Å²) in [5.41, 5.74) is 0. The Bertz CT molecular complexity index is 131. The van der Waals surface area contributed by atoms with Gasteiger partial charge in [0.2, 0.25) is 0 Å². The van der Waals surface area contributed by atoms with Crippen molar-refractivity contribution in [1.82, 2.24) is 5.32 Å². The summed E-state index contributed by atoms with van der Waals surface area (Å²) in [7, 11) is 0. The maximum absolute atomic E-state index is 8.91. The van der Waals surface area contributed by atoms with Gasteiger partial charge in [0.15, 0.2) is 0 Å². The van der Waals surface area contributed by atoms with E-state index in [1.165, 1.54) is 0 Å². The minimum Gasteiger partial charge on any atom is -0.394 e. The molecule has 0 saturated heterocycles. The second-order valence-corrected chi connectivity index (χ2v) is 2.55. The van der Waals surface area contributed by atoms with Crippen LogP contribution >= 0.6 is 0 Å². The second-order valence-electron chi connectivity index (χ2n) is 2.55. The van der Waals surface area contributed by atoms with E-state index in [2.05, 4.69) is 11.2 Å². The van der Waals surface area contributed by atoms with Crippen LogP contribution in [0.2, 0.25) is 0 Å². The summed E-state index contributed by atoms with van der Waals surface area (Å²) < 4.78 is 0. The van der Waals surface area contributed by atoms with Crippen molar-refractivity contribution in [3.63, 3.8) is 0 Å². The molecule has 0 radical (unpaired) electrons. The Balaban J connectivity index is 3.31. The average Bonchev–Trinajstić information content (AvgIpc) is 2.01. The average molecular weight is 157 g/mol. The molecule has 0 saturated carbocycles. The van der Waals surface area contributed by atoms with Crippen molar-refractivity contribution in [3.8, 4) is 12.3 Å². The predicted molar refractivity (Wildman–Crippen MR) is 44.0 cm³/mol. The molecule has 3 N–H and O–H groups in total. The van der Waals surface area contributed by atoms with Crippen molar-refractivity contribution < 1.29 is 10.2 Å². The maximum Gasteiger partial charge on any atom is 0.0895 e. The molecule has 11 heavy (non-hydrogen) atoms. The van der Waals surface area contributed by atoms with Crippen LogP contribution in [0, 0.1) is 12.3 Å². The summed E-state index contributed by atoms with van der Waals surface area (Å²) in [6, 6.07) is 0.196. The molecule has 0 rings (SSSR count). The highest BCUT2D eigenvalue weighted by Crippen LogP contribution is 1.87. The first-order valence-electron chi connectivity index (χ1n) is 3.66. The standard InChI is InChI=1S/C8H15NO2/c1-3-4-7(2)9-5-8(11)6-10/h1,7-11H,4-6H2,2H3/t7?,8-/m0/s1. The molecular weight excluding hydrogens is 142 g/mol. The van der Waals surface area contributed by atoms with Crippen LogP contribution in [0.3, 0.4) is 0 Å². The Morgan fingerprint density at radius 2 is 2.27 bits per heavy atom. The first-order chi connectivity index (χ1) is 5.20. The molecule has 0 aliphatic heterocycles. The van der Waals surface area contributed by atoms with E-state index in [9.17, 15) is 0 Å². The van der Waals surface area contributed by atoms with E-state index in [0.717, 1.165) is 0 Å². The molecule has 0 heterocycles. The van der Waals surface area contributed by atoms with E-state index in [-0.39, 0.29) is 12.6 Å². The fourth-order valence-corrected chi connectivity index (χ4v) is 0.651. The van der Waals surface area contributed by atoms with Gasteiger partial charge in [-0.15, -0.1) is 12.3 Å². The summed E-state index contributed by atoms with van der Waals surface area (Å²) >= 11 is 0. The van der Waals surface area contributed by atoms with Crippen LogP contribution in [0.25, 0.3) is 0 Å². The Labute approximate surface area is 67.4 Å². The van der Waals surface area contributed by atoms with Gasteiger partial charge >= 0.3 is 0 Å². The molecule has 0 aromatic rings. The molecular formula is C8H15NO2. The van der Waals surface area contributed by atoms with Gasteiger partial charge in [-0.25, -0.2) is 0 Å². The zero-order chi connectivity index (χ0) is 8.69. The van der Waals surface area contributed by atoms with Gasteiger partial charge in [-0.2, -0.15) is 0 Å². The van der Waals surface area contributed by atoms with Crippen molar-refractivity contribution >= 4 is 0 Å². The molecule has 3 heteroatoms. The maximum atomic E-state index is 8.91.